The molecular weight excluding hydrogens is 413 g/mol. The summed E-state index contributed by atoms with van der Waals surface area (Å²) in [6.07, 6.45) is 0. The van der Waals surface area contributed by atoms with E-state index in [1.807, 2.05) is 0 Å². The van der Waals surface area contributed by atoms with Crippen LogP contribution in [0, 0.1) is 0 Å². The number of fused-ring (bicyclic) bond motifs is 1. The van der Waals surface area contributed by atoms with Gasteiger partial charge in [-0.1, -0.05) is 23.2 Å². The number of hydrogen-bond acceptors (Lipinski definition) is 8. The van der Waals surface area contributed by atoms with Crippen LogP contribution < -0.4 is 33.2 Å². The molecule has 2 aromatic heterocycles. The second-order valence-corrected chi connectivity index (χ2v) is 6.68. The molecule has 0 radical (unpaired) electrons. The van der Waals surface area contributed by atoms with E-state index in [-0.39, 0.29) is 27.6 Å². The molecule has 0 atom stereocenters. The Morgan fingerprint density at radius 2 is 1.89 bits per heavy atom. The van der Waals surface area contributed by atoms with Gasteiger partial charge >= 0.3 is 11.7 Å². The van der Waals surface area contributed by atoms with Gasteiger partial charge in [0.2, 0.25) is 5.91 Å². The van der Waals surface area contributed by atoms with E-state index in [1.54, 1.807) is 0 Å². The molecule has 28 heavy (non-hydrogen) atoms. The van der Waals surface area contributed by atoms with Crippen molar-refractivity contribution in [3.8, 4) is 0 Å². The van der Waals surface area contributed by atoms with Crippen molar-refractivity contribution in [1.82, 2.24) is 14.1 Å². The van der Waals surface area contributed by atoms with Crippen LogP contribution in [-0.4, -0.2) is 26.6 Å². The average Bonchev–Trinajstić information content (AvgIpc) is 2.99. The van der Waals surface area contributed by atoms with Crippen LogP contribution in [0.3, 0.4) is 0 Å². The fourth-order valence-electron chi connectivity index (χ4n) is 2.48. The van der Waals surface area contributed by atoms with Crippen molar-refractivity contribution in [2.75, 3.05) is 22.6 Å². The molecule has 11 nitrogen and oxygen atoms in total. The summed E-state index contributed by atoms with van der Waals surface area (Å²) in [6, 6.07) is 2.85. The Bertz CT molecular complexity index is 1170. The van der Waals surface area contributed by atoms with E-state index < -0.39 is 23.7 Å². The first kappa shape index (κ1) is 19.7. The number of nitrogens with one attached hydrogen (secondary N) is 1. The number of carbonyl (C=O) groups is 1. The molecule has 2 heterocycles. The van der Waals surface area contributed by atoms with Gasteiger partial charge in [-0.2, -0.15) is 4.98 Å². The molecule has 0 aliphatic rings. The lowest BCUT2D eigenvalue weighted by molar-refractivity contribution is -0.115. The molecule has 3 rings (SSSR count). The molecule has 0 aliphatic carbocycles. The van der Waals surface area contributed by atoms with Gasteiger partial charge in [-0.05, 0) is 6.07 Å². The summed E-state index contributed by atoms with van der Waals surface area (Å²) in [5, 5.41) is 3.81. The SMILES string of the molecule is Cn1c(N)c(N(N)CC(=O)Nc2nc3cc(Cl)c(Cl)cc3o2)c(=O)n(C)c1=O. The number of amides is 1. The molecule has 148 valence electrons. The zero-order valence-electron chi connectivity index (χ0n) is 14.7. The van der Waals surface area contributed by atoms with Gasteiger partial charge in [-0.15, -0.1) is 0 Å². The lowest BCUT2D eigenvalue weighted by Crippen LogP contribution is -2.47. The van der Waals surface area contributed by atoms with Crippen molar-refractivity contribution >= 4 is 57.7 Å². The van der Waals surface area contributed by atoms with Gasteiger partial charge < -0.3 is 10.2 Å². The van der Waals surface area contributed by atoms with E-state index in [0.29, 0.717) is 11.1 Å². The Morgan fingerprint density at radius 3 is 2.57 bits per heavy atom. The van der Waals surface area contributed by atoms with Crippen LogP contribution in [0.4, 0.5) is 17.5 Å². The summed E-state index contributed by atoms with van der Waals surface area (Å²) in [5.41, 5.74) is 4.97. The predicted octanol–water partition coefficient (Wildman–Crippen LogP) is 0.433. The van der Waals surface area contributed by atoms with Crippen LogP contribution in [0.2, 0.25) is 10.0 Å². The highest BCUT2D eigenvalue weighted by atomic mass is 35.5. The van der Waals surface area contributed by atoms with Crippen molar-refractivity contribution in [2.45, 2.75) is 0 Å². The molecule has 1 aromatic carbocycles. The molecule has 0 bridgehead atoms. The minimum atomic E-state index is -0.734. The van der Waals surface area contributed by atoms with Gasteiger partial charge in [0.15, 0.2) is 11.3 Å². The number of oxazole rings is 1. The van der Waals surface area contributed by atoms with Gasteiger partial charge in [0.25, 0.3) is 5.56 Å². The first-order chi connectivity index (χ1) is 13.1. The Morgan fingerprint density at radius 1 is 1.25 bits per heavy atom. The molecular formula is C15H15Cl2N7O4. The summed E-state index contributed by atoms with van der Waals surface area (Å²) in [6.45, 7) is -0.460. The quantitative estimate of drug-likeness (QED) is 0.399. The zero-order chi connectivity index (χ0) is 20.7. The van der Waals surface area contributed by atoms with Gasteiger partial charge in [0.05, 0.1) is 10.0 Å². The molecule has 0 saturated carbocycles. The fraction of sp³-hybridized carbons (Fsp3) is 0.200. The van der Waals surface area contributed by atoms with E-state index in [1.165, 1.54) is 26.2 Å². The smallest absolute Gasteiger partial charge is 0.332 e. The lowest BCUT2D eigenvalue weighted by Gasteiger charge is -2.20. The highest BCUT2D eigenvalue weighted by Gasteiger charge is 2.20. The maximum Gasteiger partial charge on any atom is 0.332 e. The molecule has 5 N–H and O–H groups in total. The molecule has 1 amide bonds. The Kier molecular flexibility index (Phi) is 5.06. The molecule has 0 unspecified atom stereocenters. The number of nitrogens with two attached hydrogens (primary N) is 2. The molecule has 13 heteroatoms. The van der Waals surface area contributed by atoms with Crippen molar-refractivity contribution in [1.29, 1.82) is 0 Å². The van der Waals surface area contributed by atoms with E-state index in [9.17, 15) is 14.4 Å². The molecule has 0 spiro atoms. The largest absolute Gasteiger partial charge is 0.423 e. The van der Waals surface area contributed by atoms with Crippen LogP contribution in [-0.2, 0) is 18.9 Å². The number of benzene rings is 1. The maximum atomic E-state index is 12.3. The first-order valence-corrected chi connectivity index (χ1v) is 8.49. The van der Waals surface area contributed by atoms with Crippen LogP contribution in [0.25, 0.3) is 11.1 Å². The van der Waals surface area contributed by atoms with Crippen molar-refractivity contribution in [3.63, 3.8) is 0 Å². The normalized spacial score (nSPS) is 11.0. The van der Waals surface area contributed by atoms with Gasteiger partial charge in [-0.25, -0.2) is 10.6 Å². The fourth-order valence-corrected chi connectivity index (χ4v) is 2.79. The zero-order valence-corrected chi connectivity index (χ0v) is 16.2. The molecule has 0 fully saturated rings. The van der Waals surface area contributed by atoms with E-state index >= 15 is 0 Å². The van der Waals surface area contributed by atoms with Crippen molar-refractivity contribution < 1.29 is 9.21 Å². The highest BCUT2D eigenvalue weighted by molar-refractivity contribution is 6.42. The Labute approximate surface area is 167 Å². The monoisotopic (exact) mass is 427 g/mol. The standard InChI is InChI=1S/C15H15Cl2N7O4/c1-22-12(18)11(13(26)23(2)15(22)27)24(19)5-10(25)21-14-20-8-3-6(16)7(17)4-9(8)28-14/h3-4H,5,18-19H2,1-2H3,(H,20,21,25). The Hall–Kier alpha value is -3.02. The third-order valence-corrected chi connectivity index (χ3v) is 4.69. The Balaban J connectivity index is 1.82. The second-order valence-electron chi connectivity index (χ2n) is 5.87. The van der Waals surface area contributed by atoms with E-state index in [2.05, 4.69) is 10.3 Å². The minimum absolute atomic E-state index is 0.104. The molecule has 0 aliphatic heterocycles. The minimum Gasteiger partial charge on any atom is -0.423 e. The maximum absolute atomic E-state index is 12.3. The third-order valence-electron chi connectivity index (χ3n) is 3.96. The highest BCUT2D eigenvalue weighted by Crippen LogP contribution is 2.29. The lowest BCUT2D eigenvalue weighted by atomic mass is 10.3. The summed E-state index contributed by atoms with van der Waals surface area (Å²) in [5.74, 6) is 5.02. The number of carbonyl (C=O) groups excluding carboxylic acids is 1. The van der Waals surface area contributed by atoms with Crippen molar-refractivity contribution in [3.05, 3.63) is 43.0 Å². The van der Waals surface area contributed by atoms with Gasteiger partial charge in [-0.3, -0.25) is 29.0 Å². The predicted molar refractivity (Wildman–Crippen MR) is 106 cm³/mol. The van der Waals surface area contributed by atoms with Gasteiger partial charge in [0, 0.05) is 20.2 Å². The number of halogens is 2. The molecule has 3 aromatic rings. The summed E-state index contributed by atoms with van der Waals surface area (Å²) in [7, 11) is 2.65. The van der Waals surface area contributed by atoms with Crippen molar-refractivity contribution in [2.24, 2.45) is 19.9 Å². The number of nitrogens with zero attached hydrogens (tertiary/aromatic N) is 4. The van der Waals surface area contributed by atoms with Gasteiger partial charge in [0.1, 0.15) is 17.9 Å². The van der Waals surface area contributed by atoms with Crippen LogP contribution in [0.1, 0.15) is 0 Å². The number of nitrogen functional groups attached to an aromatic ring is 1. The second kappa shape index (κ2) is 7.19. The topological polar surface area (TPSA) is 154 Å². The number of anilines is 3. The van der Waals surface area contributed by atoms with Crippen LogP contribution in [0.5, 0.6) is 0 Å². The number of hydrazine groups is 1. The molecule has 0 saturated heterocycles. The average molecular weight is 428 g/mol. The number of aromatic nitrogens is 3. The number of rotatable bonds is 4. The first-order valence-electron chi connectivity index (χ1n) is 7.73. The van der Waals surface area contributed by atoms with Crippen LogP contribution >= 0.6 is 23.2 Å². The van der Waals surface area contributed by atoms with E-state index in [0.717, 1.165) is 14.1 Å². The third kappa shape index (κ3) is 3.42. The van der Waals surface area contributed by atoms with E-state index in [4.69, 9.17) is 39.2 Å². The summed E-state index contributed by atoms with van der Waals surface area (Å²) >= 11 is 11.8. The van der Waals surface area contributed by atoms with Crippen LogP contribution in [0.15, 0.2) is 26.1 Å². The summed E-state index contributed by atoms with van der Waals surface area (Å²) < 4.78 is 7.26. The number of hydrogen-bond donors (Lipinski definition) is 3. The summed E-state index contributed by atoms with van der Waals surface area (Å²) in [4.78, 5) is 40.5.